The third kappa shape index (κ3) is 3.38. The van der Waals surface area contributed by atoms with Crippen LogP contribution in [-0.2, 0) is 20.8 Å². The summed E-state index contributed by atoms with van der Waals surface area (Å²) in [4.78, 5) is 35.7. The fraction of sp³-hybridized carbons (Fsp3) is 0.471. The third-order valence-corrected chi connectivity index (χ3v) is 5.36. The molecule has 0 aromatic heterocycles. The standard InChI is InChI=1S/C17H19ClN2O4/c18-12-5-1-9(2-6-12)7-13(21)19-20-16(22)14-10-3-4-11(8-10)15(14)17(23)24/h1-2,5-6,10-11,14-15H,3-4,7-8H2,(H,19,21)(H,20,22)(H,23,24)/t10-,11-,14+,15+/m0/s1. The van der Waals surface area contributed by atoms with Crippen LogP contribution in [-0.4, -0.2) is 22.9 Å². The number of carbonyl (C=O) groups is 3. The molecular formula is C17H19ClN2O4. The average Bonchev–Trinajstić information content (AvgIpc) is 3.15. The van der Waals surface area contributed by atoms with Gasteiger partial charge < -0.3 is 5.11 Å². The number of hydrogen-bond donors (Lipinski definition) is 3. The van der Waals surface area contributed by atoms with Crippen molar-refractivity contribution in [1.29, 1.82) is 0 Å². The van der Waals surface area contributed by atoms with E-state index in [1.54, 1.807) is 24.3 Å². The first-order valence-electron chi connectivity index (χ1n) is 8.01. The quantitative estimate of drug-likeness (QED) is 0.721. The molecule has 2 saturated carbocycles. The second kappa shape index (κ2) is 6.81. The molecule has 2 aliphatic rings. The summed E-state index contributed by atoms with van der Waals surface area (Å²) in [7, 11) is 0. The van der Waals surface area contributed by atoms with Crippen molar-refractivity contribution in [3.8, 4) is 0 Å². The average molecular weight is 351 g/mol. The summed E-state index contributed by atoms with van der Waals surface area (Å²) in [6.07, 6.45) is 2.64. The van der Waals surface area contributed by atoms with Gasteiger partial charge in [0.05, 0.1) is 18.3 Å². The SMILES string of the molecule is O=C(Cc1ccc(Cl)cc1)NNC(=O)[C@@H]1[C@H]2CC[C@@H](C2)[C@H]1C(=O)O. The Morgan fingerprint density at radius 1 is 1.04 bits per heavy atom. The van der Waals surface area contributed by atoms with E-state index in [9.17, 15) is 19.5 Å². The molecule has 1 aromatic carbocycles. The van der Waals surface area contributed by atoms with Crippen LogP contribution in [0.2, 0.25) is 5.02 Å². The molecule has 0 radical (unpaired) electrons. The van der Waals surface area contributed by atoms with Crippen LogP contribution < -0.4 is 10.9 Å². The van der Waals surface area contributed by atoms with E-state index >= 15 is 0 Å². The Hall–Kier alpha value is -2.08. The molecule has 7 heteroatoms. The predicted octanol–water partition coefficient (Wildman–Crippen LogP) is 1.78. The molecule has 2 amide bonds. The van der Waals surface area contributed by atoms with E-state index in [2.05, 4.69) is 10.9 Å². The minimum atomic E-state index is -0.921. The molecular weight excluding hydrogens is 332 g/mol. The number of benzene rings is 1. The molecule has 24 heavy (non-hydrogen) atoms. The maximum absolute atomic E-state index is 12.3. The minimum Gasteiger partial charge on any atom is -0.481 e. The first kappa shape index (κ1) is 16.8. The number of carboxylic acid groups (broad SMARTS) is 1. The number of hydrogen-bond acceptors (Lipinski definition) is 3. The summed E-state index contributed by atoms with van der Waals surface area (Å²) in [5, 5.41) is 9.96. The topological polar surface area (TPSA) is 95.5 Å². The van der Waals surface area contributed by atoms with Crippen LogP contribution in [0.3, 0.4) is 0 Å². The van der Waals surface area contributed by atoms with E-state index < -0.39 is 23.7 Å². The molecule has 2 fully saturated rings. The highest BCUT2D eigenvalue weighted by molar-refractivity contribution is 6.30. The van der Waals surface area contributed by atoms with Gasteiger partial charge in [-0.05, 0) is 48.8 Å². The van der Waals surface area contributed by atoms with Crippen molar-refractivity contribution in [1.82, 2.24) is 10.9 Å². The summed E-state index contributed by atoms with van der Waals surface area (Å²) < 4.78 is 0. The summed E-state index contributed by atoms with van der Waals surface area (Å²) in [5.41, 5.74) is 5.55. The fourth-order valence-corrected chi connectivity index (χ4v) is 4.20. The van der Waals surface area contributed by atoms with Crippen molar-refractivity contribution in [3.63, 3.8) is 0 Å². The Kier molecular flexibility index (Phi) is 4.76. The highest BCUT2D eigenvalue weighted by Gasteiger charge is 2.54. The smallest absolute Gasteiger partial charge is 0.307 e. The molecule has 0 unspecified atom stereocenters. The number of aliphatic carboxylic acids is 1. The van der Waals surface area contributed by atoms with Crippen LogP contribution in [0.4, 0.5) is 0 Å². The molecule has 2 bridgehead atoms. The molecule has 3 N–H and O–H groups in total. The summed E-state index contributed by atoms with van der Waals surface area (Å²) in [6.45, 7) is 0. The number of amides is 2. The summed E-state index contributed by atoms with van der Waals surface area (Å²) in [5.74, 6) is -2.71. The molecule has 0 heterocycles. The van der Waals surface area contributed by atoms with E-state index in [1.807, 2.05) is 0 Å². The monoisotopic (exact) mass is 350 g/mol. The zero-order valence-electron chi connectivity index (χ0n) is 13.0. The van der Waals surface area contributed by atoms with Gasteiger partial charge in [0.1, 0.15) is 0 Å². The van der Waals surface area contributed by atoms with Crippen molar-refractivity contribution in [2.24, 2.45) is 23.7 Å². The second-order valence-electron chi connectivity index (χ2n) is 6.56. The van der Waals surface area contributed by atoms with Crippen molar-refractivity contribution in [2.45, 2.75) is 25.7 Å². The van der Waals surface area contributed by atoms with Gasteiger partial charge in [-0.25, -0.2) is 0 Å². The van der Waals surface area contributed by atoms with E-state index in [0.717, 1.165) is 24.8 Å². The Labute approximate surface area is 144 Å². The number of carboxylic acids is 1. The van der Waals surface area contributed by atoms with Crippen LogP contribution in [0.25, 0.3) is 0 Å². The van der Waals surface area contributed by atoms with Gasteiger partial charge in [0.25, 0.3) is 0 Å². The van der Waals surface area contributed by atoms with Crippen LogP contribution in [0.15, 0.2) is 24.3 Å². The van der Waals surface area contributed by atoms with Gasteiger partial charge >= 0.3 is 5.97 Å². The number of rotatable bonds is 4. The largest absolute Gasteiger partial charge is 0.481 e. The van der Waals surface area contributed by atoms with Gasteiger partial charge in [-0.3, -0.25) is 25.2 Å². The number of halogens is 1. The molecule has 0 spiro atoms. The zero-order valence-corrected chi connectivity index (χ0v) is 13.8. The Bertz CT molecular complexity index is 661. The Balaban J connectivity index is 1.54. The maximum atomic E-state index is 12.3. The highest BCUT2D eigenvalue weighted by Crippen LogP contribution is 2.52. The first-order chi connectivity index (χ1) is 11.5. The molecule has 128 valence electrons. The summed E-state index contributed by atoms with van der Waals surface area (Å²) in [6, 6.07) is 6.85. The zero-order chi connectivity index (χ0) is 17.3. The number of nitrogens with one attached hydrogen (secondary N) is 2. The fourth-order valence-electron chi connectivity index (χ4n) is 4.07. The van der Waals surface area contributed by atoms with Crippen LogP contribution in [0, 0.1) is 23.7 Å². The number of carbonyl (C=O) groups excluding carboxylic acids is 2. The lowest BCUT2D eigenvalue weighted by Crippen LogP contribution is -2.49. The first-order valence-corrected chi connectivity index (χ1v) is 8.39. The van der Waals surface area contributed by atoms with Gasteiger partial charge in [0.15, 0.2) is 0 Å². The molecule has 0 saturated heterocycles. The maximum Gasteiger partial charge on any atom is 0.307 e. The normalized spacial score (nSPS) is 27.7. The predicted molar refractivity (Wildman–Crippen MR) is 86.9 cm³/mol. The lowest BCUT2D eigenvalue weighted by molar-refractivity contribution is -0.149. The van der Waals surface area contributed by atoms with Gasteiger partial charge in [-0.1, -0.05) is 23.7 Å². The lowest BCUT2D eigenvalue weighted by Gasteiger charge is -2.26. The van der Waals surface area contributed by atoms with Crippen LogP contribution in [0.1, 0.15) is 24.8 Å². The van der Waals surface area contributed by atoms with Gasteiger partial charge in [-0.15, -0.1) is 0 Å². The van der Waals surface area contributed by atoms with Crippen LogP contribution >= 0.6 is 11.6 Å². The number of hydrazine groups is 1. The highest BCUT2D eigenvalue weighted by atomic mass is 35.5. The molecule has 0 aliphatic heterocycles. The third-order valence-electron chi connectivity index (χ3n) is 5.11. The van der Waals surface area contributed by atoms with Crippen molar-refractivity contribution < 1.29 is 19.5 Å². The van der Waals surface area contributed by atoms with Gasteiger partial charge in [0, 0.05) is 5.02 Å². The van der Waals surface area contributed by atoms with E-state index in [1.165, 1.54) is 0 Å². The van der Waals surface area contributed by atoms with Crippen molar-refractivity contribution in [2.75, 3.05) is 0 Å². The second-order valence-corrected chi connectivity index (χ2v) is 7.00. The van der Waals surface area contributed by atoms with E-state index in [-0.39, 0.29) is 24.2 Å². The molecule has 1 aromatic rings. The molecule has 4 atom stereocenters. The number of fused-ring (bicyclic) bond motifs is 2. The van der Waals surface area contributed by atoms with E-state index in [0.29, 0.717) is 5.02 Å². The molecule has 6 nitrogen and oxygen atoms in total. The lowest BCUT2D eigenvalue weighted by atomic mass is 9.79. The molecule has 2 aliphatic carbocycles. The van der Waals surface area contributed by atoms with Gasteiger partial charge in [-0.2, -0.15) is 0 Å². The van der Waals surface area contributed by atoms with Crippen molar-refractivity contribution >= 4 is 29.4 Å². The van der Waals surface area contributed by atoms with Gasteiger partial charge in [0.2, 0.25) is 11.8 Å². The minimum absolute atomic E-state index is 0.0769. The Morgan fingerprint density at radius 2 is 1.67 bits per heavy atom. The van der Waals surface area contributed by atoms with E-state index in [4.69, 9.17) is 11.6 Å². The van der Waals surface area contributed by atoms with Crippen LogP contribution in [0.5, 0.6) is 0 Å². The van der Waals surface area contributed by atoms with Crippen molar-refractivity contribution in [3.05, 3.63) is 34.9 Å². The summed E-state index contributed by atoms with van der Waals surface area (Å²) >= 11 is 5.79. The molecule has 3 rings (SSSR count). The Morgan fingerprint density at radius 3 is 2.29 bits per heavy atom.